The Labute approximate surface area is 213 Å². The third kappa shape index (κ3) is 6.32. The summed E-state index contributed by atoms with van der Waals surface area (Å²) in [6.45, 7) is 2.11. The number of likely N-dealkylation sites (tertiary alicyclic amines) is 1. The monoisotopic (exact) mass is 528 g/mol. The summed E-state index contributed by atoms with van der Waals surface area (Å²) >= 11 is 5.94. The molecule has 12 heteroatoms. The van der Waals surface area contributed by atoms with Crippen LogP contribution in [0, 0.1) is 5.92 Å². The first kappa shape index (κ1) is 27.8. The Balaban J connectivity index is 1.91. The molecule has 1 atom stereocenters. The smallest absolute Gasteiger partial charge is 0.387 e. The highest BCUT2D eigenvalue weighted by Gasteiger charge is 2.46. The summed E-state index contributed by atoms with van der Waals surface area (Å²) in [6, 6.07) is 5.95. The highest BCUT2D eigenvalue weighted by atomic mass is 35.5. The maximum atomic E-state index is 13.8. The van der Waals surface area contributed by atoms with Crippen molar-refractivity contribution in [2.75, 3.05) is 38.7 Å². The molecular weight excluding hydrogens is 498 g/mol. The fraction of sp³-hybridized carbons (Fsp3) is 0.542. The summed E-state index contributed by atoms with van der Waals surface area (Å²) in [5, 5.41) is 16.9. The number of hydrogen-bond acceptors (Lipinski definition) is 6. The number of aromatic nitrogens is 2. The van der Waals surface area contributed by atoms with Crippen LogP contribution >= 0.6 is 11.6 Å². The second-order valence-electron chi connectivity index (χ2n) is 9.12. The number of carboxylic acid groups (broad SMARTS) is 1. The van der Waals surface area contributed by atoms with E-state index < -0.39 is 29.9 Å². The molecule has 0 saturated carbocycles. The minimum atomic E-state index is -3.09. The van der Waals surface area contributed by atoms with Crippen LogP contribution in [-0.4, -0.2) is 71.6 Å². The molecule has 2 N–H and O–H groups in total. The van der Waals surface area contributed by atoms with Crippen LogP contribution in [0.1, 0.15) is 38.3 Å². The van der Waals surface area contributed by atoms with Crippen LogP contribution in [0.2, 0.25) is 5.02 Å². The molecule has 2 heterocycles. The minimum absolute atomic E-state index is 0.0655. The molecule has 1 fully saturated rings. The maximum absolute atomic E-state index is 13.8. The highest BCUT2D eigenvalue weighted by Crippen LogP contribution is 2.37. The van der Waals surface area contributed by atoms with Crippen LogP contribution in [0.5, 0.6) is 5.75 Å². The molecule has 1 aromatic heterocycles. The van der Waals surface area contributed by atoms with Crippen LogP contribution in [0.3, 0.4) is 0 Å². The lowest BCUT2D eigenvalue weighted by Crippen LogP contribution is -2.55. The number of rotatable bonds is 11. The number of piperidine rings is 1. The van der Waals surface area contributed by atoms with Gasteiger partial charge < -0.3 is 24.8 Å². The predicted octanol–water partition coefficient (Wildman–Crippen LogP) is 4.04. The summed E-state index contributed by atoms with van der Waals surface area (Å²) in [7, 11) is 1.45. The van der Waals surface area contributed by atoms with E-state index in [4.69, 9.17) is 16.3 Å². The van der Waals surface area contributed by atoms with E-state index in [1.165, 1.54) is 25.3 Å². The SMILES string of the molecule is COC[C@H](CN1CCC(C(=O)Nc2ccc(Cl)cc2OC(F)F)(n2nccc2C(C)C)CC1)C(=O)O. The van der Waals surface area contributed by atoms with Crippen molar-refractivity contribution in [3.05, 3.63) is 41.2 Å². The molecule has 2 aromatic rings. The van der Waals surface area contributed by atoms with Crippen LogP contribution in [0.15, 0.2) is 30.5 Å². The molecule has 1 aliphatic heterocycles. The molecule has 3 rings (SSSR count). The number of methoxy groups -OCH3 is 1. The standard InChI is InChI=1S/C24H31ClF2N4O5/c1-15(2)19-6-9-28-31(19)24(7-10-30(11-8-24)13-16(14-35-3)21(32)33)22(34)29-18-5-4-17(25)12-20(18)36-23(26)27/h4-6,9,12,15-16,23H,7-8,10-11,13-14H2,1-3H3,(H,29,34)(H,32,33)/t16-/m0/s1. The van der Waals surface area contributed by atoms with Gasteiger partial charge in [-0.05, 0) is 37.0 Å². The number of carbonyl (C=O) groups excluding carboxylic acids is 1. The van der Waals surface area contributed by atoms with Gasteiger partial charge >= 0.3 is 12.6 Å². The number of halogens is 3. The number of carbonyl (C=O) groups is 2. The fourth-order valence-electron chi connectivity index (χ4n) is 4.50. The number of carboxylic acids is 1. The van der Waals surface area contributed by atoms with Gasteiger partial charge in [0.15, 0.2) is 5.75 Å². The number of anilines is 1. The van der Waals surface area contributed by atoms with Crippen LogP contribution < -0.4 is 10.1 Å². The molecule has 0 radical (unpaired) electrons. The van der Waals surface area contributed by atoms with E-state index in [9.17, 15) is 23.5 Å². The van der Waals surface area contributed by atoms with E-state index in [-0.39, 0.29) is 35.5 Å². The number of amides is 1. The van der Waals surface area contributed by atoms with E-state index in [0.29, 0.717) is 25.9 Å². The molecule has 1 amide bonds. The number of benzene rings is 1. The lowest BCUT2D eigenvalue weighted by molar-refractivity contribution is -0.145. The summed E-state index contributed by atoms with van der Waals surface area (Å²) in [5.74, 6) is -2.25. The van der Waals surface area contributed by atoms with Crippen molar-refractivity contribution in [1.82, 2.24) is 14.7 Å². The molecule has 1 saturated heterocycles. The average Bonchev–Trinajstić information content (AvgIpc) is 3.31. The van der Waals surface area contributed by atoms with Gasteiger partial charge in [-0.3, -0.25) is 14.3 Å². The molecule has 0 bridgehead atoms. The first-order chi connectivity index (χ1) is 17.1. The molecule has 36 heavy (non-hydrogen) atoms. The first-order valence-corrected chi connectivity index (χ1v) is 12.0. The van der Waals surface area contributed by atoms with E-state index in [1.807, 2.05) is 24.8 Å². The predicted molar refractivity (Wildman–Crippen MR) is 130 cm³/mol. The Morgan fingerprint density at radius 1 is 1.25 bits per heavy atom. The van der Waals surface area contributed by atoms with Crippen molar-refractivity contribution in [1.29, 1.82) is 0 Å². The number of nitrogens with zero attached hydrogens (tertiary/aromatic N) is 3. The normalized spacial score (nSPS) is 16.8. The van der Waals surface area contributed by atoms with E-state index >= 15 is 0 Å². The Bertz CT molecular complexity index is 1060. The van der Waals surface area contributed by atoms with Gasteiger partial charge in [0.05, 0.1) is 18.2 Å². The minimum Gasteiger partial charge on any atom is -0.481 e. The number of ether oxygens (including phenoxy) is 2. The Hall–Kier alpha value is -2.76. The van der Waals surface area contributed by atoms with Gasteiger partial charge in [-0.25, -0.2) is 0 Å². The van der Waals surface area contributed by atoms with Gasteiger partial charge in [0.1, 0.15) is 5.54 Å². The molecule has 0 unspecified atom stereocenters. The molecule has 198 valence electrons. The van der Waals surface area contributed by atoms with Crippen molar-refractivity contribution in [3.8, 4) is 5.75 Å². The number of nitrogens with one attached hydrogen (secondary N) is 1. The van der Waals surface area contributed by atoms with Gasteiger partial charge in [0.25, 0.3) is 5.91 Å². The van der Waals surface area contributed by atoms with Gasteiger partial charge in [-0.2, -0.15) is 13.9 Å². The van der Waals surface area contributed by atoms with Crippen LogP contribution in [0.4, 0.5) is 14.5 Å². The number of alkyl halides is 2. The highest BCUT2D eigenvalue weighted by molar-refractivity contribution is 6.30. The van der Waals surface area contributed by atoms with Crippen molar-refractivity contribution < 1.29 is 33.0 Å². The summed E-state index contributed by atoms with van der Waals surface area (Å²) in [6.07, 6.45) is 2.29. The van der Waals surface area contributed by atoms with Crippen LogP contribution in [0.25, 0.3) is 0 Å². The Kier molecular flexibility index (Phi) is 9.26. The quantitative estimate of drug-likeness (QED) is 0.453. The third-order valence-electron chi connectivity index (χ3n) is 6.38. The lowest BCUT2D eigenvalue weighted by atomic mass is 9.85. The van der Waals surface area contributed by atoms with E-state index in [2.05, 4.69) is 15.2 Å². The number of aliphatic carboxylic acids is 1. The van der Waals surface area contributed by atoms with Gasteiger partial charge in [-0.1, -0.05) is 25.4 Å². The third-order valence-corrected chi connectivity index (χ3v) is 6.61. The van der Waals surface area contributed by atoms with Gasteiger partial charge in [0.2, 0.25) is 0 Å². The molecule has 9 nitrogen and oxygen atoms in total. The maximum Gasteiger partial charge on any atom is 0.387 e. The largest absolute Gasteiger partial charge is 0.481 e. The first-order valence-electron chi connectivity index (χ1n) is 11.6. The van der Waals surface area contributed by atoms with Crippen molar-refractivity contribution >= 4 is 29.2 Å². The van der Waals surface area contributed by atoms with Gasteiger partial charge in [0, 0.05) is 49.7 Å². The topological polar surface area (TPSA) is 106 Å². The summed E-state index contributed by atoms with van der Waals surface area (Å²) < 4.78 is 37.3. The van der Waals surface area contributed by atoms with Crippen molar-refractivity contribution in [2.45, 2.75) is 44.8 Å². The van der Waals surface area contributed by atoms with Gasteiger partial charge in [-0.15, -0.1) is 0 Å². The summed E-state index contributed by atoms with van der Waals surface area (Å²) in [4.78, 5) is 27.4. The van der Waals surface area contributed by atoms with E-state index in [1.54, 1.807) is 10.9 Å². The molecular formula is C24H31ClF2N4O5. The second kappa shape index (κ2) is 12.0. The Morgan fingerprint density at radius 3 is 2.53 bits per heavy atom. The Morgan fingerprint density at radius 2 is 1.94 bits per heavy atom. The van der Waals surface area contributed by atoms with Crippen LogP contribution in [-0.2, 0) is 19.9 Å². The summed E-state index contributed by atoms with van der Waals surface area (Å²) in [5.41, 5.74) is -0.209. The number of hydrogen-bond donors (Lipinski definition) is 2. The zero-order valence-electron chi connectivity index (χ0n) is 20.4. The second-order valence-corrected chi connectivity index (χ2v) is 9.55. The molecule has 1 aromatic carbocycles. The van der Waals surface area contributed by atoms with Crippen molar-refractivity contribution in [2.24, 2.45) is 5.92 Å². The fourth-order valence-corrected chi connectivity index (χ4v) is 4.66. The lowest BCUT2D eigenvalue weighted by Gasteiger charge is -2.42. The molecule has 0 spiro atoms. The molecule has 1 aliphatic rings. The zero-order valence-corrected chi connectivity index (χ0v) is 21.2. The molecule has 0 aliphatic carbocycles. The zero-order chi connectivity index (χ0) is 26.5. The van der Waals surface area contributed by atoms with Crippen molar-refractivity contribution in [3.63, 3.8) is 0 Å². The van der Waals surface area contributed by atoms with E-state index in [0.717, 1.165) is 5.69 Å². The average molecular weight is 529 g/mol.